The monoisotopic (exact) mass is 266 g/mol. The van der Waals surface area contributed by atoms with Crippen molar-refractivity contribution in [3.8, 4) is 11.5 Å². The van der Waals surface area contributed by atoms with Crippen LogP contribution in [0, 0.1) is 0 Å². The van der Waals surface area contributed by atoms with E-state index in [4.69, 9.17) is 15.2 Å². The Hall–Kier alpha value is -1.75. The van der Waals surface area contributed by atoms with E-state index in [0.717, 1.165) is 0 Å². The molecule has 19 heavy (non-hydrogen) atoms. The second-order valence-corrected chi connectivity index (χ2v) is 5.14. The second-order valence-electron chi connectivity index (χ2n) is 5.14. The molecule has 0 aliphatic rings. The minimum Gasteiger partial charge on any atom is -0.497 e. The van der Waals surface area contributed by atoms with E-state index in [0.29, 0.717) is 30.0 Å². The van der Waals surface area contributed by atoms with Crippen molar-refractivity contribution in [3.05, 3.63) is 18.2 Å². The van der Waals surface area contributed by atoms with Gasteiger partial charge < -0.3 is 20.5 Å². The van der Waals surface area contributed by atoms with Crippen molar-refractivity contribution >= 4 is 11.6 Å². The number of benzene rings is 1. The molecule has 0 atom stereocenters. The second kappa shape index (κ2) is 6.43. The normalized spacial score (nSPS) is 11.0. The van der Waals surface area contributed by atoms with Crippen molar-refractivity contribution in [2.45, 2.75) is 32.2 Å². The molecule has 0 saturated heterocycles. The molecule has 1 aromatic carbocycles. The molecule has 0 bridgehead atoms. The van der Waals surface area contributed by atoms with Gasteiger partial charge in [0.25, 0.3) is 0 Å². The van der Waals surface area contributed by atoms with Crippen LogP contribution in [0.25, 0.3) is 0 Å². The van der Waals surface area contributed by atoms with Gasteiger partial charge in [-0.2, -0.15) is 0 Å². The minimum atomic E-state index is -0.344. The Balaban J connectivity index is 2.68. The molecule has 0 unspecified atom stereocenters. The van der Waals surface area contributed by atoms with Crippen LogP contribution in [0.4, 0.5) is 5.69 Å². The first-order valence-corrected chi connectivity index (χ1v) is 6.16. The van der Waals surface area contributed by atoms with Crippen molar-refractivity contribution in [3.63, 3.8) is 0 Å². The van der Waals surface area contributed by atoms with E-state index >= 15 is 0 Å². The summed E-state index contributed by atoms with van der Waals surface area (Å²) in [6.07, 6.45) is 1.00. The maximum absolute atomic E-state index is 11.8. The molecular weight excluding hydrogens is 244 g/mol. The van der Waals surface area contributed by atoms with Gasteiger partial charge in [-0.1, -0.05) is 0 Å². The van der Waals surface area contributed by atoms with Gasteiger partial charge in [0.2, 0.25) is 5.91 Å². The van der Waals surface area contributed by atoms with Crippen molar-refractivity contribution in [2.24, 2.45) is 5.73 Å². The molecular formula is C14H22N2O3. The zero-order chi connectivity index (χ0) is 14.5. The third-order valence-corrected chi connectivity index (χ3v) is 2.63. The van der Waals surface area contributed by atoms with Gasteiger partial charge in [-0.15, -0.1) is 0 Å². The molecule has 0 aliphatic carbocycles. The number of nitrogens with two attached hydrogens (primary N) is 1. The maximum atomic E-state index is 11.8. The molecule has 5 nitrogen and oxygen atoms in total. The molecule has 5 heteroatoms. The lowest BCUT2D eigenvalue weighted by Crippen LogP contribution is -2.33. The van der Waals surface area contributed by atoms with Gasteiger partial charge in [-0.3, -0.25) is 4.79 Å². The van der Waals surface area contributed by atoms with Gasteiger partial charge in [-0.05, 0) is 20.3 Å². The fourth-order valence-corrected chi connectivity index (χ4v) is 1.54. The highest BCUT2D eigenvalue weighted by atomic mass is 16.5. The average molecular weight is 266 g/mol. The van der Waals surface area contributed by atoms with Gasteiger partial charge in [0.1, 0.15) is 11.5 Å². The van der Waals surface area contributed by atoms with E-state index in [-0.39, 0.29) is 11.4 Å². The van der Waals surface area contributed by atoms with Crippen LogP contribution in [0.1, 0.15) is 26.7 Å². The highest BCUT2D eigenvalue weighted by molar-refractivity contribution is 5.91. The lowest BCUT2D eigenvalue weighted by molar-refractivity contribution is -0.116. The number of hydrogen-bond acceptors (Lipinski definition) is 4. The molecule has 1 amide bonds. The average Bonchev–Trinajstić information content (AvgIpc) is 2.35. The summed E-state index contributed by atoms with van der Waals surface area (Å²) in [5, 5.41) is 2.81. The van der Waals surface area contributed by atoms with Crippen molar-refractivity contribution in [2.75, 3.05) is 19.5 Å². The quantitative estimate of drug-likeness (QED) is 0.827. The molecule has 0 heterocycles. The van der Waals surface area contributed by atoms with Crippen LogP contribution in [0.3, 0.4) is 0 Å². The molecule has 1 aromatic rings. The highest BCUT2D eigenvalue weighted by Crippen LogP contribution is 2.26. The van der Waals surface area contributed by atoms with Gasteiger partial charge in [0, 0.05) is 35.8 Å². The largest absolute Gasteiger partial charge is 0.497 e. The van der Waals surface area contributed by atoms with Gasteiger partial charge in [0.15, 0.2) is 0 Å². The van der Waals surface area contributed by atoms with E-state index in [1.54, 1.807) is 32.4 Å². The summed E-state index contributed by atoms with van der Waals surface area (Å²) >= 11 is 0. The smallest absolute Gasteiger partial charge is 0.224 e. The first-order valence-electron chi connectivity index (χ1n) is 6.16. The third-order valence-electron chi connectivity index (χ3n) is 2.63. The number of carbonyl (C=O) groups excluding carboxylic acids is 1. The Bertz CT molecular complexity index is 417. The number of amides is 1. The van der Waals surface area contributed by atoms with Gasteiger partial charge in [0.05, 0.1) is 14.2 Å². The van der Waals surface area contributed by atoms with Crippen LogP contribution in [0.5, 0.6) is 11.5 Å². The summed E-state index contributed by atoms with van der Waals surface area (Å²) in [6, 6.07) is 5.24. The zero-order valence-electron chi connectivity index (χ0n) is 11.9. The van der Waals surface area contributed by atoms with E-state index in [1.165, 1.54) is 0 Å². The van der Waals surface area contributed by atoms with E-state index in [1.807, 2.05) is 13.8 Å². The van der Waals surface area contributed by atoms with Crippen molar-refractivity contribution in [1.82, 2.24) is 0 Å². The lowest BCUT2D eigenvalue weighted by Gasteiger charge is -2.17. The Morgan fingerprint density at radius 2 is 1.74 bits per heavy atom. The molecule has 3 N–H and O–H groups in total. The standard InChI is InChI=1S/C14H22N2O3/c1-14(2,15)6-5-13(17)16-10-7-11(18-3)9-12(8-10)19-4/h7-9H,5-6,15H2,1-4H3,(H,16,17). The number of carbonyl (C=O) groups is 1. The summed E-state index contributed by atoms with van der Waals surface area (Å²) < 4.78 is 10.3. The highest BCUT2D eigenvalue weighted by Gasteiger charge is 2.13. The number of hydrogen-bond donors (Lipinski definition) is 2. The minimum absolute atomic E-state index is 0.0752. The number of rotatable bonds is 6. The summed E-state index contributed by atoms with van der Waals surface area (Å²) in [5.74, 6) is 1.19. The summed E-state index contributed by atoms with van der Waals surface area (Å²) in [5.41, 5.74) is 6.15. The Kier molecular flexibility index (Phi) is 5.18. The molecule has 0 spiro atoms. The summed E-state index contributed by atoms with van der Waals surface area (Å²) in [6.45, 7) is 3.80. The number of methoxy groups -OCH3 is 2. The first-order chi connectivity index (χ1) is 8.84. The lowest BCUT2D eigenvalue weighted by atomic mass is 10.00. The van der Waals surface area contributed by atoms with Crippen LogP contribution in [0.2, 0.25) is 0 Å². The van der Waals surface area contributed by atoms with Crippen molar-refractivity contribution in [1.29, 1.82) is 0 Å². The van der Waals surface area contributed by atoms with Gasteiger partial charge in [-0.25, -0.2) is 0 Å². The molecule has 0 saturated carbocycles. The fourth-order valence-electron chi connectivity index (χ4n) is 1.54. The van der Waals surface area contributed by atoms with Crippen LogP contribution in [0.15, 0.2) is 18.2 Å². The molecule has 106 valence electrons. The van der Waals surface area contributed by atoms with Crippen LogP contribution < -0.4 is 20.5 Å². The third kappa shape index (κ3) is 5.61. The fraction of sp³-hybridized carbons (Fsp3) is 0.500. The van der Waals surface area contributed by atoms with Crippen LogP contribution in [-0.2, 0) is 4.79 Å². The molecule has 0 aromatic heterocycles. The van der Waals surface area contributed by atoms with Gasteiger partial charge >= 0.3 is 0 Å². The van der Waals surface area contributed by atoms with Crippen LogP contribution in [-0.4, -0.2) is 25.7 Å². The summed E-state index contributed by atoms with van der Waals surface area (Å²) in [7, 11) is 3.13. The number of ether oxygens (including phenoxy) is 2. The van der Waals surface area contributed by atoms with E-state index in [2.05, 4.69) is 5.32 Å². The SMILES string of the molecule is COc1cc(NC(=O)CCC(C)(C)N)cc(OC)c1. The zero-order valence-corrected chi connectivity index (χ0v) is 11.9. The Morgan fingerprint density at radius 3 is 2.16 bits per heavy atom. The molecule has 0 aliphatic heterocycles. The summed E-state index contributed by atoms with van der Waals surface area (Å²) in [4.78, 5) is 11.8. The predicted molar refractivity (Wildman–Crippen MR) is 75.7 cm³/mol. The maximum Gasteiger partial charge on any atom is 0.224 e. The predicted octanol–water partition coefficient (Wildman–Crippen LogP) is 2.16. The van der Waals surface area contributed by atoms with E-state index in [9.17, 15) is 4.79 Å². The molecule has 0 radical (unpaired) electrons. The molecule has 1 rings (SSSR count). The van der Waals surface area contributed by atoms with E-state index < -0.39 is 0 Å². The molecule has 0 fully saturated rings. The number of anilines is 1. The number of nitrogens with one attached hydrogen (secondary N) is 1. The van der Waals surface area contributed by atoms with Crippen LogP contribution >= 0.6 is 0 Å². The van der Waals surface area contributed by atoms with Crippen molar-refractivity contribution < 1.29 is 14.3 Å². The topological polar surface area (TPSA) is 73.6 Å². The Morgan fingerprint density at radius 1 is 1.21 bits per heavy atom. The first kappa shape index (κ1) is 15.3. The Labute approximate surface area is 114 Å².